The minimum atomic E-state index is -0.426. The SMILES string of the molecule is O=c1cc(-c2ccccc2)oc2c(Cl)c(O)cc(O)c12. The molecule has 100 valence electrons. The Bertz CT molecular complexity index is 853. The maximum atomic E-state index is 12.1. The number of benzene rings is 2. The Balaban J connectivity index is 2.40. The van der Waals surface area contributed by atoms with Crippen molar-refractivity contribution in [3.05, 3.63) is 57.7 Å². The molecule has 0 aliphatic carbocycles. The highest BCUT2D eigenvalue weighted by atomic mass is 35.5. The van der Waals surface area contributed by atoms with E-state index >= 15 is 0 Å². The van der Waals surface area contributed by atoms with Gasteiger partial charge in [0.15, 0.2) is 11.0 Å². The van der Waals surface area contributed by atoms with E-state index in [1.807, 2.05) is 6.07 Å². The zero-order valence-electron chi connectivity index (χ0n) is 10.1. The van der Waals surface area contributed by atoms with Gasteiger partial charge < -0.3 is 14.6 Å². The molecule has 4 nitrogen and oxygen atoms in total. The fourth-order valence-corrected chi connectivity index (χ4v) is 2.20. The summed E-state index contributed by atoms with van der Waals surface area (Å²) in [7, 11) is 0. The lowest BCUT2D eigenvalue weighted by Gasteiger charge is -2.07. The van der Waals surface area contributed by atoms with Gasteiger partial charge in [-0.15, -0.1) is 0 Å². The molecule has 0 aliphatic rings. The summed E-state index contributed by atoms with van der Waals surface area (Å²) in [6.45, 7) is 0. The second kappa shape index (κ2) is 4.58. The van der Waals surface area contributed by atoms with Crippen LogP contribution in [-0.4, -0.2) is 10.2 Å². The third kappa shape index (κ3) is 1.90. The molecule has 0 amide bonds. The first kappa shape index (κ1) is 12.6. The molecular formula is C15H9ClO4. The first-order chi connectivity index (χ1) is 9.58. The Hall–Kier alpha value is -2.46. The molecule has 2 N–H and O–H groups in total. The molecule has 0 spiro atoms. The molecule has 0 radical (unpaired) electrons. The van der Waals surface area contributed by atoms with Crippen molar-refractivity contribution < 1.29 is 14.6 Å². The Morgan fingerprint density at radius 2 is 1.70 bits per heavy atom. The quantitative estimate of drug-likeness (QED) is 0.718. The van der Waals surface area contributed by atoms with Crippen molar-refractivity contribution in [2.75, 3.05) is 0 Å². The van der Waals surface area contributed by atoms with E-state index in [9.17, 15) is 15.0 Å². The molecule has 0 bridgehead atoms. The molecule has 3 aromatic rings. The van der Waals surface area contributed by atoms with Gasteiger partial charge >= 0.3 is 0 Å². The fourth-order valence-electron chi connectivity index (χ4n) is 2.02. The van der Waals surface area contributed by atoms with Gasteiger partial charge in [-0.3, -0.25) is 4.79 Å². The second-order valence-electron chi connectivity index (χ2n) is 4.27. The largest absolute Gasteiger partial charge is 0.507 e. The first-order valence-corrected chi connectivity index (χ1v) is 6.19. The molecule has 2 aromatic carbocycles. The van der Waals surface area contributed by atoms with Crippen molar-refractivity contribution in [2.45, 2.75) is 0 Å². The lowest BCUT2D eigenvalue weighted by Crippen LogP contribution is -2.01. The van der Waals surface area contributed by atoms with Crippen molar-refractivity contribution >= 4 is 22.6 Å². The Kier molecular flexibility index (Phi) is 2.88. The van der Waals surface area contributed by atoms with Crippen molar-refractivity contribution in [1.29, 1.82) is 0 Å². The number of fused-ring (bicyclic) bond motifs is 1. The molecule has 0 aliphatic heterocycles. The highest BCUT2D eigenvalue weighted by molar-refractivity contribution is 6.36. The third-order valence-electron chi connectivity index (χ3n) is 2.96. The first-order valence-electron chi connectivity index (χ1n) is 5.81. The molecule has 1 heterocycles. The van der Waals surface area contributed by atoms with Crippen LogP contribution in [0.25, 0.3) is 22.3 Å². The van der Waals surface area contributed by atoms with Gasteiger partial charge in [-0.05, 0) is 0 Å². The molecule has 0 atom stereocenters. The number of hydrogen-bond donors (Lipinski definition) is 2. The van der Waals surface area contributed by atoms with Gasteiger partial charge in [-0.1, -0.05) is 41.9 Å². The maximum absolute atomic E-state index is 12.1. The molecule has 1 aromatic heterocycles. The van der Waals surface area contributed by atoms with Gasteiger partial charge in [-0.25, -0.2) is 0 Å². The average molecular weight is 289 g/mol. The van der Waals surface area contributed by atoms with Crippen LogP contribution in [-0.2, 0) is 0 Å². The van der Waals surface area contributed by atoms with Gasteiger partial charge in [0.2, 0.25) is 0 Å². The monoisotopic (exact) mass is 288 g/mol. The predicted molar refractivity (Wildman–Crippen MR) is 76.3 cm³/mol. The normalized spacial score (nSPS) is 10.8. The van der Waals surface area contributed by atoms with Gasteiger partial charge in [0, 0.05) is 17.7 Å². The molecule has 0 saturated heterocycles. The third-order valence-corrected chi connectivity index (χ3v) is 3.33. The van der Waals surface area contributed by atoms with Crippen molar-refractivity contribution in [3.63, 3.8) is 0 Å². The van der Waals surface area contributed by atoms with E-state index in [0.29, 0.717) is 11.3 Å². The van der Waals surface area contributed by atoms with Gasteiger partial charge in [-0.2, -0.15) is 0 Å². The van der Waals surface area contributed by atoms with Crippen LogP contribution in [0.5, 0.6) is 11.5 Å². The Morgan fingerprint density at radius 3 is 2.40 bits per heavy atom. The van der Waals surface area contributed by atoms with Gasteiger partial charge in [0.25, 0.3) is 0 Å². The van der Waals surface area contributed by atoms with E-state index in [-0.39, 0.29) is 27.5 Å². The predicted octanol–water partition coefficient (Wildman–Crippen LogP) is 3.52. The number of hydrogen-bond acceptors (Lipinski definition) is 4. The van der Waals surface area contributed by atoms with Crippen LogP contribution >= 0.6 is 11.6 Å². The highest BCUT2D eigenvalue weighted by Gasteiger charge is 2.16. The summed E-state index contributed by atoms with van der Waals surface area (Å²) in [5.41, 5.74) is 0.241. The Labute approximate surface area is 118 Å². The summed E-state index contributed by atoms with van der Waals surface area (Å²) < 4.78 is 5.57. The molecule has 0 fully saturated rings. The lowest BCUT2D eigenvalue weighted by molar-refractivity contribution is 0.452. The average Bonchev–Trinajstić information content (AvgIpc) is 2.45. The van der Waals surface area contributed by atoms with E-state index < -0.39 is 5.43 Å². The Morgan fingerprint density at radius 1 is 1.00 bits per heavy atom. The molecule has 0 saturated carbocycles. The summed E-state index contributed by atoms with van der Waals surface area (Å²) in [5, 5.41) is 19.2. The van der Waals surface area contributed by atoms with Gasteiger partial charge in [0.1, 0.15) is 27.7 Å². The zero-order chi connectivity index (χ0) is 14.3. The summed E-state index contributed by atoms with van der Waals surface area (Å²) in [5.74, 6) is -0.393. The number of phenols is 2. The van der Waals surface area contributed by atoms with E-state index in [1.165, 1.54) is 6.07 Å². The number of rotatable bonds is 1. The molecule has 3 rings (SSSR count). The highest BCUT2D eigenvalue weighted by Crippen LogP contribution is 2.37. The second-order valence-corrected chi connectivity index (χ2v) is 4.65. The number of phenolic OH excluding ortho intramolecular Hbond substituents is 2. The van der Waals surface area contributed by atoms with Crippen LogP contribution in [0.3, 0.4) is 0 Å². The van der Waals surface area contributed by atoms with Crippen LogP contribution in [0.2, 0.25) is 5.02 Å². The molecule has 0 unspecified atom stereocenters. The fraction of sp³-hybridized carbons (Fsp3) is 0. The van der Waals surface area contributed by atoms with Crippen LogP contribution in [0, 0.1) is 0 Å². The van der Waals surface area contributed by atoms with Crippen LogP contribution in [0.15, 0.2) is 51.7 Å². The maximum Gasteiger partial charge on any atom is 0.197 e. The van der Waals surface area contributed by atoms with Crippen LogP contribution in [0.4, 0.5) is 0 Å². The number of aromatic hydroxyl groups is 2. The molecule has 20 heavy (non-hydrogen) atoms. The minimum Gasteiger partial charge on any atom is -0.507 e. The summed E-state index contributed by atoms with van der Waals surface area (Å²) in [6.07, 6.45) is 0. The van der Waals surface area contributed by atoms with Crippen molar-refractivity contribution in [3.8, 4) is 22.8 Å². The molecule has 5 heteroatoms. The smallest absolute Gasteiger partial charge is 0.197 e. The number of halogens is 1. The van der Waals surface area contributed by atoms with Crippen LogP contribution < -0.4 is 5.43 Å². The van der Waals surface area contributed by atoms with Gasteiger partial charge in [0.05, 0.1) is 0 Å². The topological polar surface area (TPSA) is 70.7 Å². The van der Waals surface area contributed by atoms with E-state index in [2.05, 4.69) is 0 Å². The minimum absolute atomic E-state index is 0.0319. The summed E-state index contributed by atoms with van der Waals surface area (Å²) in [6, 6.07) is 11.3. The van der Waals surface area contributed by atoms with Crippen molar-refractivity contribution in [1.82, 2.24) is 0 Å². The lowest BCUT2D eigenvalue weighted by atomic mass is 10.1. The standard InChI is InChI=1S/C15H9ClO4/c16-14-11(19)6-9(17)13-10(18)7-12(20-15(13)14)8-4-2-1-3-5-8/h1-7,17,19H. The van der Waals surface area contributed by atoms with Crippen LogP contribution in [0.1, 0.15) is 0 Å². The van der Waals surface area contributed by atoms with E-state index in [1.54, 1.807) is 24.3 Å². The zero-order valence-corrected chi connectivity index (χ0v) is 10.9. The van der Waals surface area contributed by atoms with E-state index in [0.717, 1.165) is 6.07 Å². The summed E-state index contributed by atoms with van der Waals surface area (Å²) in [4.78, 5) is 12.1. The van der Waals surface area contributed by atoms with E-state index in [4.69, 9.17) is 16.0 Å². The summed E-state index contributed by atoms with van der Waals surface area (Å²) >= 11 is 5.94. The molecular weight excluding hydrogens is 280 g/mol. The van der Waals surface area contributed by atoms with Crippen molar-refractivity contribution in [2.24, 2.45) is 0 Å².